The molecule has 1 N–H and O–H groups in total. The van der Waals surface area contributed by atoms with Crippen LogP contribution in [0.2, 0.25) is 5.15 Å². The molecule has 0 aliphatic carbocycles. The van der Waals surface area contributed by atoms with Crippen molar-refractivity contribution in [3.8, 4) is 0 Å². The number of aromatic nitrogens is 2. The number of morpholine rings is 1. The van der Waals surface area contributed by atoms with Crippen LogP contribution in [0, 0.1) is 13.8 Å². The second kappa shape index (κ2) is 4.95. The molecule has 6 heteroatoms. The lowest BCUT2D eigenvalue weighted by Crippen LogP contribution is -2.40. The molecule has 1 aliphatic heterocycles. The van der Waals surface area contributed by atoms with E-state index in [9.17, 15) is 0 Å². The topological polar surface area (TPSA) is 50.3 Å². The van der Waals surface area contributed by atoms with Gasteiger partial charge in [0.25, 0.3) is 0 Å². The predicted molar refractivity (Wildman–Crippen MR) is 62.5 cm³/mol. The fourth-order valence-electron chi connectivity index (χ4n) is 1.51. The minimum Gasteiger partial charge on any atom is -0.379 e. The molecule has 0 amide bonds. The fourth-order valence-corrected chi connectivity index (χ4v) is 1.69. The van der Waals surface area contributed by atoms with E-state index in [4.69, 9.17) is 16.3 Å². The molecule has 0 saturated carbocycles. The van der Waals surface area contributed by atoms with Crippen LogP contribution in [0.5, 0.6) is 0 Å². The average Bonchev–Trinajstić information content (AvgIpc) is 2.31. The molecule has 0 aromatic carbocycles. The van der Waals surface area contributed by atoms with Crippen molar-refractivity contribution in [2.45, 2.75) is 13.8 Å². The first-order valence-corrected chi connectivity index (χ1v) is 5.65. The van der Waals surface area contributed by atoms with Gasteiger partial charge in [-0.2, -0.15) is 0 Å². The fraction of sp³-hybridized carbons (Fsp3) is 0.600. The van der Waals surface area contributed by atoms with Gasteiger partial charge >= 0.3 is 0 Å². The Kier molecular flexibility index (Phi) is 3.58. The van der Waals surface area contributed by atoms with Crippen LogP contribution in [0.3, 0.4) is 0 Å². The molecule has 0 atom stereocenters. The van der Waals surface area contributed by atoms with Crippen molar-refractivity contribution in [2.24, 2.45) is 0 Å². The molecule has 1 fully saturated rings. The van der Waals surface area contributed by atoms with Gasteiger partial charge in [-0.25, -0.2) is 5.01 Å². The van der Waals surface area contributed by atoms with E-state index in [1.54, 1.807) is 0 Å². The van der Waals surface area contributed by atoms with Crippen molar-refractivity contribution >= 4 is 17.4 Å². The number of ether oxygens (including phenoxy) is 1. The summed E-state index contributed by atoms with van der Waals surface area (Å²) in [5.41, 5.74) is 5.24. The highest BCUT2D eigenvalue weighted by Crippen LogP contribution is 2.20. The van der Waals surface area contributed by atoms with Gasteiger partial charge in [-0.05, 0) is 19.4 Å². The van der Waals surface area contributed by atoms with Gasteiger partial charge < -0.3 is 10.2 Å². The Morgan fingerprint density at radius 2 is 1.88 bits per heavy atom. The third-order valence-electron chi connectivity index (χ3n) is 2.74. The van der Waals surface area contributed by atoms with Crippen LogP contribution in [0.1, 0.15) is 11.1 Å². The number of halogens is 1. The first kappa shape index (κ1) is 11.6. The van der Waals surface area contributed by atoms with Crippen LogP contribution in [-0.4, -0.2) is 41.5 Å². The quantitative estimate of drug-likeness (QED) is 0.850. The molecule has 1 aliphatic rings. The van der Waals surface area contributed by atoms with Gasteiger partial charge in [0.15, 0.2) is 11.0 Å². The van der Waals surface area contributed by atoms with Crippen LogP contribution in [0.4, 0.5) is 5.82 Å². The van der Waals surface area contributed by atoms with E-state index in [0.717, 1.165) is 43.2 Å². The molecule has 0 bridgehead atoms. The summed E-state index contributed by atoms with van der Waals surface area (Å²) in [6.45, 7) is 7.11. The predicted octanol–water partition coefficient (Wildman–Crippen LogP) is 1.41. The molecular formula is C10H15ClN4O. The smallest absolute Gasteiger partial charge is 0.166 e. The number of nitrogens with zero attached hydrogens (tertiary/aromatic N) is 3. The van der Waals surface area contributed by atoms with E-state index in [2.05, 4.69) is 20.6 Å². The number of hydrazine groups is 1. The third kappa shape index (κ3) is 2.42. The highest BCUT2D eigenvalue weighted by molar-refractivity contribution is 6.30. The Labute approximate surface area is 99.7 Å². The van der Waals surface area contributed by atoms with E-state index >= 15 is 0 Å². The Bertz CT molecular complexity index is 379. The normalized spacial score (nSPS) is 17.4. The zero-order chi connectivity index (χ0) is 11.5. The SMILES string of the molecule is Cc1c(Cl)nnc(NN2CCOCC2)c1C. The summed E-state index contributed by atoms with van der Waals surface area (Å²) < 4.78 is 5.27. The maximum Gasteiger partial charge on any atom is 0.166 e. The summed E-state index contributed by atoms with van der Waals surface area (Å²) in [5, 5.41) is 10.5. The van der Waals surface area contributed by atoms with Crippen LogP contribution in [0.15, 0.2) is 0 Å². The summed E-state index contributed by atoms with van der Waals surface area (Å²) in [6, 6.07) is 0. The van der Waals surface area contributed by atoms with Gasteiger partial charge in [0, 0.05) is 18.7 Å². The maximum absolute atomic E-state index is 5.89. The Balaban J connectivity index is 2.11. The molecule has 16 heavy (non-hydrogen) atoms. The lowest BCUT2D eigenvalue weighted by atomic mass is 10.2. The number of nitrogens with one attached hydrogen (secondary N) is 1. The van der Waals surface area contributed by atoms with Crippen molar-refractivity contribution in [3.63, 3.8) is 0 Å². The second-order valence-electron chi connectivity index (χ2n) is 3.80. The van der Waals surface area contributed by atoms with Crippen molar-refractivity contribution in [3.05, 3.63) is 16.3 Å². The molecule has 1 aromatic heterocycles. The first-order valence-electron chi connectivity index (χ1n) is 5.27. The summed E-state index contributed by atoms with van der Waals surface area (Å²) in [5.74, 6) is 0.767. The molecular weight excluding hydrogens is 228 g/mol. The zero-order valence-electron chi connectivity index (χ0n) is 9.46. The molecule has 0 spiro atoms. The molecule has 2 rings (SSSR count). The van der Waals surface area contributed by atoms with Gasteiger partial charge in [-0.15, -0.1) is 10.2 Å². The summed E-state index contributed by atoms with van der Waals surface area (Å²) >= 11 is 5.89. The zero-order valence-corrected chi connectivity index (χ0v) is 10.2. The molecule has 88 valence electrons. The Morgan fingerprint density at radius 3 is 2.56 bits per heavy atom. The van der Waals surface area contributed by atoms with Crippen LogP contribution in [0.25, 0.3) is 0 Å². The monoisotopic (exact) mass is 242 g/mol. The van der Waals surface area contributed by atoms with Crippen LogP contribution < -0.4 is 5.43 Å². The van der Waals surface area contributed by atoms with E-state index in [0.29, 0.717) is 5.15 Å². The molecule has 2 heterocycles. The van der Waals surface area contributed by atoms with E-state index in [1.807, 2.05) is 13.8 Å². The lowest BCUT2D eigenvalue weighted by molar-refractivity contribution is 0.0494. The number of hydrogen-bond donors (Lipinski definition) is 1. The van der Waals surface area contributed by atoms with Gasteiger partial charge in [0.05, 0.1) is 13.2 Å². The van der Waals surface area contributed by atoms with E-state index in [-0.39, 0.29) is 0 Å². The van der Waals surface area contributed by atoms with E-state index < -0.39 is 0 Å². The largest absolute Gasteiger partial charge is 0.379 e. The molecule has 5 nitrogen and oxygen atoms in total. The number of rotatable bonds is 2. The summed E-state index contributed by atoms with van der Waals surface area (Å²) in [7, 11) is 0. The van der Waals surface area contributed by atoms with Gasteiger partial charge in [0.2, 0.25) is 0 Å². The number of anilines is 1. The van der Waals surface area contributed by atoms with Crippen molar-refractivity contribution in [1.82, 2.24) is 15.2 Å². The van der Waals surface area contributed by atoms with E-state index in [1.165, 1.54) is 0 Å². The first-order chi connectivity index (χ1) is 7.68. The Morgan fingerprint density at radius 1 is 1.19 bits per heavy atom. The second-order valence-corrected chi connectivity index (χ2v) is 4.16. The van der Waals surface area contributed by atoms with Crippen LogP contribution >= 0.6 is 11.6 Å². The highest BCUT2D eigenvalue weighted by atomic mass is 35.5. The average molecular weight is 243 g/mol. The molecule has 0 radical (unpaired) electrons. The van der Waals surface area contributed by atoms with Gasteiger partial charge in [0.1, 0.15) is 0 Å². The number of hydrogen-bond acceptors (Lipinski definition) is 5. The van der Waals surface area contributed by atoms with Crippen molar-refractivity contribution in [2.75, 3.05) is 31.7 Å². The molecule has 0 unspecified atom stereocenters. The summed E-state index contributed by atoms with van der Waals surface area (Å²) in [6.07, 6.45) is 0. The standard InChI is InChI=1S/C10H15ClN4O/c1-7-8(2)10(13-12-9(7)11)14-15-3-5-16-6-4-15/h3-6H2,1-2H3,(H,13,14). The van der Waals surface area contributed by atoms with Crippen molar-refractivity contribution in [1.29, 1.82) is 0 Å². The minimum absolute atomic E-state index is 0.463. The summed E-state index contributed by atoms with van der Waals surface area (Å²) in [4.78, 5) is 0. The highest BCUT2D eigenvalue weighted by Gasteiger charge is 2.13. The maximum atomic E-state index is 5.89. The molecule has 1 aromatic rings. The van der Waals surface area contributed by atoms with Crippen molar-refractivity contribution < 1.29 is 4.74 Å². The minimum atomic E-state index is 0.463. The van der Waals surface area contributed by atoms with Crippen LogP contribution in [-0.2, 0) is 4.74 Å². The third-order valence-corrected chi connectivity index (χ3v) is 3.10. The molecule has 1 saturated heterocycles. The van der Waals surface area contributed by atoms with Gasteiger partial charge in [-0.1, -0.05) is 11.6 Å². The Hall–Kier alpha value is -0.910. The lowest BCUT2D eigenvalue weighted by Gasteiger charge is -2.28. The van der Waals surface area contributed by atoms with Gasteiger partial charge in [-0.3, -0.25) is 0 Å².